The number of nitrogens with one attached hydrogen (secondary N) is 1. The fraction of sp³-hybridized carbons (Fsp3) is 0.417. The second kappa shape index (κ2) is 5.40. The van der Waals surface area contributed by atoms with Crippen LogP contribution in [0.4, 0.5) is 13.2 Å². The average Bonchev–Trinajstić information content (AvgIpc) is 2.72. The summed E-state index contributed by atoms with van der Waals surface area (Å²) in [5, 5.41) is 2.94. The minimum Gasteiger partial charge on any atom is -0.352 e. The van der Waals surface area contributed by atoms with E-state index in [1.165, 1.54) is 6.07 Å². The summed E-state index contributed by atoms with van der Waals surface area (Å²) >= 11 is 3.06. The first kappa shape index (κ1) is 14.2. The Hall–Kier alpha value is -1.24. The van der Waals surface area contributed by atoms with Crippen molar-refractivity contribution in [3.05, 3.63) is 33.8 Å². The molecule has 1 N–H and O–H groups in total. The van der Waals surface area contributed by atoms with Crippen LogP contribution in [0, 0.1) is 0 Å². The molecule has 0 bridgehead atoms. The molecule has 2 rings (SSSR count). The first-order chi connectivity index (χ1) is 8.88. The Balaban J connectivity index is 2.16. The van der Waals surface area contributed by atoms with Crippen LogP contribution in [0.1, 0.15) is 11.1 Å². The van der Waals surface area contributed by atoms with Crippen LogP contribution in [-0.2, 0) is 12.7 Å². The van der Waals surface area contributed by atoms with Crippen molar-refractivity contribution in [3.8, 4) is 0 Å². The second-order valence-electron chi connectivity index (χ2n) is 4.28. The van der Waals surface area contributed by atoms with Gasteiger partial charge in [-0.1, -0.05) is 22.0 Å². The van der Waals surface area contributed by atoms with Crippen molar-refractivity contribution in [2.75, 3.05) is 20.1 Å². The van der Waals surface area contributed by atoms with Gasteiger partial charge in [0.2, 0.25) is 0 Å². The Labute approximate surface area is 117 Å². The molecule has 1 aromatic carbocycles. The van der Waals surface area contributed by atoms with Crippen molar-refractivity contribution in [1.29, 1.82) is 0 Å². The molecule has 3 nitrogen and oxygen atoms in total. The standard InChI is InChI=1S/C12H13BrF3N3/c1-19-5-4-17-11(19)18-7-8-2-3-9(13)6-10(8)12(14,15)16/h2-3,6H,4-5,7H2,1H3,(H,17,18). The maximum atomic E-state index is 12.9. The number of rotatable bonds is 2. The monoisotopic (exact) mass is 335 g/mol. The van der Waals surface area contributed by atoms with Crippen LogP contribution in [-0.4, -0.2) is 31.0 Å². The molecule has 0 atom stereocenters. The molecule has 1 aliphatic heterocycles. The lowest BCUT2D eigenvalue weighted by atomic mass is 10.1. The lowest BCUT2D eigenvalue weighted by Crippen LogP contribution is -2.35. The van der Waals surface area contributed by atoms with E-state index in [-0.39, 0.29) is 12.1 Å². The summed E-state index contributed by atoms with van der Waals surface area (Å²) in [5.74, 6) is 0.635. The van der Waals surface area contributed by atoms with E-state index in [2.05, 4.69) is 26.2 Å². The number of guanidine groups is 1. The molecule has 0 saturated carbocycles. The Morgan fingerprint density at radius 1 is 1.42 bits per heavy atom. The average molecular weight is 336 g/mol. The van der Waals surface area contributed by atoms with Gasteiger partial charge in [0.05, 0.1) is 12.1 Å². The fourth-order valence-electron chi connectivity index (χ4n) is 1.86. The van der Waals surface area contributed by atoms with Crippen molar-refractivity contribution in [2.24, 2.45) is 4.99 Å². The number of likely N-dealkylation sites (N-methyl/N-ethyl adjacent to an activating group) is 1. The first-order valence-corrected chi connectivity index (χ1v) is 6.52. The lowest BCUT2D eigenvalue weighted by molar-refractivity contribution is -0.138. The molecule has 0 aromatic heterocycles. The summed E-state index contributed by atoms with van der Waals surface area (Å²) in [6, 6.07) is 4.17. The van der Waals surface area contributed by atoms with E-state index in [4.69, 9.17) is 0 Å². The van der Waals surface area contributed by atoms with E-state index >= 15 is 0 Å². The smallest absolute Gasteiger partial charge is 0.352 e. The minimum absolute atomic E-state index is 0.102. The quantitative estimate of drug-likeness (QED) is 0.899. The highest BCUT2D eigenvalue weighted by atomic mass is 79.9. The maximum Gasteiger partial charge on any atom is 0.416 e. The van der Waals surface area contributed by atoms with Crippen molar-refractivity contribution in [3.63, 3.8) is 0 Å². The molecule has 1 aromatic rings. The van der Waals surface area contributed by atoms with Crippen LogP contribution in [0.25, 0.3) is 0 Å². The van der Waals surface area contributed by atoms with Gasteiger partial charge in [-0.15, -0.1) is 0 Å². The largest absolute Gasteiger partial charge is 0.416 e. The molecule has 19 heavy (non-hydrogen) atoms. The van der Waals surface area contributed by atoms with Crippen LogP contribution in [0.2, 0.25) is 0 Å². The van der Waals surface area contributed by atoms with Crippen molar-refractivity contribution < 1.29 is 13.2 Å². The lowest BCUT2D eigenvalue weighted by Gasteiger charge is -2.18. The molecular formula is C12H13BrF3N3. The van der Waals surface area contributed by atoms with Gasteiger partial charge in [-0.3, -0.25) is 4.99 Å². The Morgan fingerprint density at radius 2 is 2.16 bits per heavy atom. The SMILES string of the molecule is CN1CCN=C1NCc1ccc(Br)cc1C(F)(F)F. The Morgan fingerprint density at radius 3 is 2.74 bits per heavy atom. The predicted octanol–water partition coefficient (Wildman–Crippen LogP) is 2.86. The minimum atomic E-state index is -4.36. The normalized spacial score (nSPS) is 15.6. The van der Waals surface area contributed by atoms with Gasteiger partial charge in [0, 0.05) is 24.6 Å². The fourth-order valence-corrected chi connectivity index (χ4v) is 2.23. The number of nitrogens with zero attached hydrogens (tertiary/aromatic N) is 2. The summed E-state index contributed by atoms with van der Waals surface area (Å²) in [5.41, 5.74) is -0.422. The third kappa shape index (κ3) is 3.40. The second-order valence-corrected chi connectivity index (χ2v) is 5.20. The van der Waals surface area contributed by atoms with Crippen LogP contribution in [0.15, 0.2) is 27.7 Å². The summed E-state index contributed by atoms with van der Waals surface area (Å²) in [7, 11) is 1.85. The van der Waals surface area contributed by atoms with Gasteiger partial charge in [-0.2, -0.15) is 13.2 Å². The molecule has 7 heteroatoms. The highest BCUT2D eigenvalue weighted by Gasteiger charge is 2.33. The molecule has 0 unspecified atom stereocenters. The van der Waals surface area contributed by atoms with Crippen LogP contribution in [0.5, 0.6) is 0 Å². The van der Waals surface area contributed by atoms with Crippen LogP contribution >= 0.6 is 15.9 Å². The zero-order chi connectivity index (χ0) is 14.0. The predicted molar refractivity (Wildman–Crippen MR) is 70.9 cm³/mol. The van der Waals surface area contributed by atoms with Crippen LogP contribution < -0.4 is 5.32 Å². The molecule has 104 valence electrons. The third-order valence-corrected chi connectivity index (χ3v) is 3.37. The van der Waals surface area contributed by atoms with Crippen molar-refractivity contribution in [2.45, 2.75) is 12.7 Å². The Bertz CT molecular complexity index is 499. The number of alkyl halides is 3. The summed E-state index contributed by atoms with van der Waals surface area (Å²) in [6.45, 7) is 1.56. The van der Waals surface area contributed by atoms with Gasteiger partial charge in [-0.05, 0) is 17.7 Å². The number of aliphatic imine (C=N–C) groups is 1. The zero-order valence-electron chi connectivity index (χ0n) is 10.3. The molecule has 0 spiro atoms. The van der Waals surface area contributed by atoms with Gasteiger partial charge in [-0.25, -0.2) is 0 Å². The van der Waals surface area contributed by atoms with Crippen LogP contribution in [0.3, 0.4) is 0 Å². The summed E-state index contributed by atoms with van der Waals surface area (Å²) < 4.78 is 39.2. The Kier molecular flexibility index (Phi) is 4.03. The van der Waals surface area contributed by atoms with E-state index < -0.39 is 11.7 Å². The number of hydrogen-bond acceptors (Lipinski definition) is 3. The third-order valence-electron chi connectivity index (χ3n) is 2.87. The zero-order valence-corrected chi connectivity index (χ0v) is 11.8. The number of benzene rings is 1. The van der Waals surface area contributed by atoms with E-state index in [1.54, 1.807) is 6.07 Å². The summed E-state index contributed by atoms with van der Waals surface area (Å²) in [4.78, 5) is 6.06. The van der Waals surface area contributed by atoms with E-state index in [0.717, 1.165) is 12.6 Å². The van der Waals surface area contributed by atoms with Gasteiger partial charge in [0.1, 0.15) is 0 Å². The maximum absolute atomic E-state index is 12.9. The molecule has 1 aliphatic rings. The van der Waals surface area contributed by atoms with Crippen molar-refractivity contribution >= 4 is 21.9 Å². The first-order valence-electron chi connectivity index (χ1n) is 5.73. The highest BCUT2D eigenvalue weighted by molar-refractivity contribution is 9.10. The van der Waals surface area contributed by atoms with E-state index in [1.807, 2.05) is 11.9 Å². The molecule has 0 fully saturated rings. The molecule has 0 radical (unpaired) electrons. The summed E-state index contributed by atoms with van der Waals surface area (Å²) in [6.07, 6.45) is -4.36. The van der Waals surface area contributed by atoms with Gasteiger partial charge >= 0.3 is 6.18 Å². The number of halogens is 4. The number of hydrogen-bond donors (Lipinski definition) is 1. The molecule has 1 heterocycles. The molecule has 0 saturated heterocycles. The van der Waals surface area contributed by atoms with E-state index in [9.17, 15) is 13.2 Å². The van der Waals surface area contributed by atoms with E-state index in [0.29, 0.717) is 17.0 Å². The van der Waals surface area contributed by atoms with Crippen molar-refractivity contribution in [1.82, 2.24) is 10.2 Å². The van der Waals surface area contributed by atoms with Gasteiger partial charge < -0.3 is 10.2 Å². The molecule has 0 aliphatic carbocycles. The van der Waals surface area contributed by atoms with Gasteiger partial charge in [0.25, 0.3) is 0 Å². The molecule has 0 amide bonds. The van der Waals surface area contributed by atoms with Gasteiger partial charge in [0.15, 0.2) is 5.96 Å². The highest BCUT2D eigenvalue weighted by Crippen LogP contribution is 2.33. The topological polar surface area (TPSA) is 27.6 Å². The molecular weight excluding hydrogens is 323 g/mol.